The SMILES string of the molecule is CC[C@@H](CO)NS(=O)(=O)c1cc(Br)ccc1OC. The Bertz CT molecular complexity index is 500. The van der Waals surface area contributed by atoms with Gasteiger partial charge in [-0.2, -0.15) is 0 Å². The Balaban J connectivity index is 3.15. The van der Waals surface area contributed by atoms with Gasteiger partial charge in [0.25, 0.3) is 0 Å². The zero-order valence-electron chi connectivity index (χ0n) is 10.2. The highest BCUT2D eigenvalue weighted by Gasteiger charge is 2.22. The highest BCUT2D eigenvalue weighted by molar-refractivity contribution is 9.10. The number of halogens is 1. The first-order chi connectivity index (χ1) is 8.44. The highest BCUT2D eigenvalue weighted by Crippen LogP contribution is 2.27. The van der Waals surface area contributed by atoms with Crippen molar-refractivity contribution in [2.75, 3.05) is 13.7 Å². The summed E-state index contributed by atoms with van der Waals surface area (Å²) in [7, 11) is -2.31. The summed E-state index contributed by atoms with van der Waals surface area (Å²) < 4.78 is 32.4. The molecule has 0 saturated heterocycles. The number of benzene rings is 1. The van der Waals surface area contributed by atoms with E-state index in [0.29, 0.717) is 10.9 Å². The Morgan fingerprint density at radius 2 is 2.17 bits per heavy atom. The summed E-state index contributed by atoms with van der Waals surface area (Å²) in [5, 5.41) is 9.05. The molecule has 102 valence electrons. The molecule has 0 amide bonds. The van der Waals surface area contributed by atoms with Gasteiger partial charge in [0.2, 0.25) is 10.0 Å². The molecule has 18 heavy (non-hydrogen) atoms. The van der Waals surface area contributed by atoms with E-state index < -0.39 is 16.1 Å². The van der Waals surface area contributed by atoms with E-state index in [-0.39, 0.29) is 17.3 Å². The van der Waals surface area contributed by atoms with Crippen LogP contribution in [0.2, 0.25) is 0 Å². The van der Waals surface area contributed by atoms with Crippen LogP contribution in [0.3, 0.4) is 0 Å². The first kappa shape index (κ1) is 15.4. The van der Waals surface area contributed by atoms with Gasteiger partial charge < -0.3 is 9.84 Å². The largest absolute Gasteiger partial charge is 0.495 e. The molecule has 0 bridgehead atoms. The summed E-state index contributed by atoms with van der Waals surface area (Å²) in [4.78, 5) is 0.0475. The Labute approximate surface area is 115 Å². The van der Waals surface area contributed by atoms with Gasteiger partial charge >= 0.3 is 0 Å². The molecule has 0 radical (unpaired) electrons. The molecule has 0 heterocycles. The van der Waals surface area contributed by atoms with Crippen LogP contribution in [0.25, 0.3) is 0 Å². The molecule has 0 spiro atoms. The average molecular weight is 338 g/mol. The molecular formula is C11H16BrNO4S. The molecule has 7 heteroatoms. The van der Waals surface area contributed by atoms with Crippen molar-refractivity contribution in [1.29, 1.82) is 0 Å². The van der Waals surface area contributed by atoms with Crippen molar-refractivity contribution in [3.63, 3.8) is 0 Å². The van der Waals surface area contributed by atoms with Crippen LogP contribution in [-0.2, 0) is 10.0 Å². The molecule has 1 rings (SSSR count). The van der Waals surface area contributed by atoms with Gasteiger partial charge in [-0.1, -0.05) is 22.9 Å². The normalized spacial score (nSPS) is 13.3. The average Bonchev–Trinajstić information content (AvgIpc) is 2.36. The third-order valence-electron chi connectivity index (χ3n) is 2.45. The van der Waals surface area contributed by atoms with Gasteiger partial charge in [-0.25, -0.2) is 13.1 Å². The van der Waals surface area contributed by atoms with Gasteiger partial charge in [-0.05, 0) is 24.6 Å². The van der Waals surface area contributed by atoms with Crippen LogP contribution in [0.15, 0.2) is 27.6 Å². The molecule has 0 aromatic heterocycles. The van der Waals surface area contributed by atoms with Crippen LogP contribution < -0.4 is 9.46 Å². The monoisotopic (exact) mass is 337 g/mol. The molecule has 1 aromatic rings. The topological polar surface area (TPSA) is 75.6 Å². The van der Waals surface area contributed by atoms with Crippen LogP contribution in [0.1, 0.15) is 13.3 Å². The van der Waals surface area contributed by atoms with Crippen molar-refractivity contribution in [3.8, 4) is 5.75 Å². The van der Waals surface area contributed by atoms with E-state index in [1.165, 1.54) is 13.2 Å². The lowest BCUT2D eigenvalue weighted by atomic mass is 10.3. The third-order valence-corrected chi connectivity index (χ3v) is 4.49. The first-order valence-electron chi connectivity index (χ1n) is 5.41. The third kappa shape index (κ3) is 3.68. The van der Waals surface area contributed by atoms with Crippen molar-refractivity contribution >= 4 is 26.0 Å². The van der Waals surface area contributed by atoms with Crippen LogP contribution in [0, 0.1) is 0 Å². The van der Waals surface area contributed by atoms with E-state index >= 15 is 0 Å². The minimum atomic E-state index is -3.71. The molecule has 0 aliphatic heterocycles. The van der Waals surface area contributed by atoms with E-state index in [2.05, 4.69) is 20.7 Å². The van der Waals surface area contributed by atoms with Crippen molar-refractivity contribution < 1.29 is 18.3 Å². The zero-order valence-corrected chi connectivity index (χ0v) is 12.6. The maximum atomic E-state index is 12.2. The second-order valence-corrected chi connectivity index (χ2v) is 6.30. The van der Waals surface area contributed by atoms with Crippen LogP contribution >= 0.6 is 15.9 Å². The predicted molar refractivity (Wildman–Crippen MR) is 72.2 cm³/mol. The number of nitrogens with one attached hydrogen (secondary N) is 1. The number of sulfonamides is 1. The summed E-state index contributed by atoms with van der Waals surface area (Å²) in [5.74, 6) is 0.262. The number of hydrogen-bond acceptors (Lipinski definition) is 4. The molecule has 2 N–H and O–H groups in total. The van der Waals surface area contributed by atoms with Gasteiger partial charge in [-0.15, -0.1) is 0 Å². The lowest BCUT2D eigenvalue weighted by Gasteiger charge is -2.16. The number of methoxy groups -OCH3 is 1. The van der Waals surface area contributed by atoms with Crippen molar-refractivity contribution in [1.82, 2.24) is 4.72 Å². The lowest BCUT2D eigenvalue weighted by Crippen LogP contribution is -2.37. The summed E-state index contributed by atoms with van der Waals surface area (Å²) in [6.07, 6.45) is 0.506. The van der Waals surface area contributed by atoms with E-state index in [4.69, 9.17) is 9.84 Å². The van der Waals surface area contributed by atoms with Gasteiger partial charge in [0.05, 0.1) is 13.7 Å². The first-order valence-corrected chi connectivity index (χ1v) is 7.69. The van der Waals surface area contributed by atoms with Gasteiger partial charge in [0.15, 0.2) is 0 Å². The van der Waals surface area contributed by atoms with Crippen LogP contribution in [0.4, 0.5) is 0 Å². The Morgan fingerprint density at radius 3 is 2.67 bits per heavy atom. The summed E-state index contributed by atoms with van der Waals surface area (Å²) in [6.45, 7) is 1.55. The number of aliphatic hydroxyl groups is 1. The quantitative estimate of drug-likeness (QED) is 0.824. The van der Waals surface area contributed by atoms with Crippen molar-refractivity contribution in [3.05, 3.63) is 22.7 Å². The Hall–Kier alpha value is -0.630. The predicted octanol–water partition coefficient (Wildman–Crippen LogP) is 1.51. The summed E-state index contributed by atoms with van der Waals surface area (Å²) in [5.41, 5.74) is 0. The maximum Gasteiger partial charge on any atom is 0.244 e. The molecule has 1 aromatic carbocycles. The molecule has 0 aliphatic rings. The molecule has 0 saturated carbocycles. The van der Waals surface area contributed by atoms with Gasteiger partial charge in [-0.3, -0.25) is 0 Å². The number of rotatable bonds is 6. The molecular weight excluding hydrogens is 322 g/mol. The van der Waals surface area contributed by atoms with E-state index in [0.717, 1.165) is 0 Å². The van der Waals surface area contributed by atoms with Crippen molar-refractivity contribution in [2.45, 2.75) is 24.3 Å². The maximum absolute atomic E-state index is 12.2. The summed E-state index contributed by atoms with van der Waals surface area (Å²) in [6, 6.07) is 4.23. The Kier molecular flexibility index (Phi) is 5.58. The zero-order chi connectivity index (χ0) is 13.8. The smallest absolute Gasteiger partial charge is 0.244 e. The molecule has 0 fully saturated rings. The molecule has 1 atom stereocenters. The standard InChI is InChI=1S/C11H16BrNO4S/c1-3-9(7-14)13-18(15,16)11-6-8(12)4-5-10(11)17-2/h4-6,9,13-14H,3,7H2,1-2H3/t9-/m0/s1. The fourth-order valence-electron chi connectivity index (χ4n) is 1.39. The number of aliphatic hydroxyl groups excluding tert-OH is 1. The molecule has 0 unspecified atom stereocenters. The fourth-order valence-corrected chi connectivity index (χ4v) is 3.41. The number of ether oxygens (including phenoxy) is 1. The minimum absolute atomic E-state index is 0.0475. The molecule has 5 nitrogen and oxygen atoms in total. The lowest BCUT2D eigenvalue weighted by molar-refractivity contribution is 0.253. The molecule has 0 aliphatic carbocycles. The van der Waals surface area contributed by atoms with Crippen molar-refractivity contribution in [2.24, 2.45) is 0 Å². The summed E-state index contributed by atoms with van der Waals surface area (Å²) >= 11 is 3.22. The Morgan fingerprint density at radius 1 is 1.50 bits per heavy atom. The van der Waals surface area contributed by atoms with E-state index in [1.807, 2.05) is 0 Å². The van der Waals surface area contributed by atoms with Gasteiger partial charge in [0.1, 0.15) is 10.6 Å². The van der Waals surface area contributed by atoms with Crippen LogP contribution in [0.5, 0.6) is 5.75 Å². The van der Waals surface area contributed by atoms with Crippen LogP contribution in [-0.4, -0.2) is 33.3 Å². The minimum Gasteiger partial charge on any atom is -0.495 e. The highest BCUT2D eigenvalue weighted by atomic mass is 79.9. The number of hydrogen-bond donors (Lipinski definition) is 2. The van der Waals surface area contributed by atoms with Gasteiger partial charge in [0, 0.05) is 10.5 Å². The fraction of sp³-hybridized carbons (Fsp3) is 0.455. The van der Waals surface area contributed by atoms with E-state index in [9.17, 15) is 8.42 Å². The second-order valence-electron chi connectivity index (χ2n) is 3.70. The second kappa shape index (κ2) is 6.51. The van der Waals surface area contributed by atoms with E-state index in [1.54, 1.807) is 19.1 Å².